The van der Waals surface area contributed by atoms with Gasteiger partial charge in [-0.1, -0.05) is 0 Å². The van der Waals surface area contributed by atoms with Crippen molar-refractivity contribution in [1.29, 1.82) is 5.41 Å². The summed E-state index contributed by atoms with van der Waals surface area (Å²) in [5.74, 6) is 2.15. The Morgan fingerprint density at radius 3 is 2.65 bits per heavy atom. The molecule has 1 aliphatic heterocycles. The van der Waals surface area contributed by atoms with Crippen molar-refractivity contribution in [3.63, 3.8) is 0 Å². The summed E-state index contributed by atoms with van der Waals surface area (Å²) in [5, 5.41) is 8.70. The molecule has 0 atom stereocenters. The molecule has 2 aliphatic rings. The third-order valence-electron chi connectivity index (χ3n) is 5.69. The Morgan fingerprint density at radius 1 is 1.23 bits per heavy atom. The predicted octanol–water partition coefficient (Wildman–Crippen LogP) is 2.71. The highest BCUT2D eigenvalue weighted by atomic mass is 16.5. The number of nitrogens with two attached hydrogens (primary N) is 1. The van der Waals surface area contributed by atoms with E-state index in [1.165, 1.54) is 19.0 Å². The van der Waals surface area contributed by atoms with Crippen molar-refractivity contribution in [2.75, 3.05) is 36.8 Å². The molecule has 4 rings (SSSR count). The summed E-state index contributed by atoms with van der Waals surface area (Å²) >= 11 is 0. The maximum absolute atomic E-state index is 12.4. The Kier molecular flexibility index (Phi) is 6.06. The zero-order chi connectivity index (χ0) is 22.0. The van der Waals surface area contributed by atoms with Crippen LogP contribution in [0.2, 0.25) is 0 Å². The fourth-order valence-electron chi connectivity index (χ4n) is 3.75. The van der Waals surface area contributed by atoms with Crippen molar-refractivity contribution < 1.29 is 9.53 Å². The first-order chi connectivity index (χ1) is 14.9. The molecular formula is C23H30N6O2. The maximum Gasteiger partial charge on any atom is 0.222 e. The van der Waals surface area contributed by atoms with E-state index in [1.807, 2.05) is 30.9 Å². The van der Waals surface area contributed by atoms with E-state index in [9.17, 15) is 4.79 Å². The molecule has 3 heterocycles. The maximum atomic E-state index is 12.4. The number of rotatable bonds is 7. The van der Waals surface area contributed by atoms with Gasteiger partial charge in [0, 0.05) is 56.0 Å². The molecule has 0 radical (unpaired) electrons. The van der Waals surface area contributed by atoms with Gasteiger partial charge >= 0.3 is 0 Å². The molecule has 164 valence electrons. The molecule has 3 N–H and O–H groups in total. The van der Waals surface area contributed by atoms with Gasteiger partial charge in [-0.25, -0.2) is 9.97 Å². The second-order valence-electron chi connectivity index (χ2n) is 8.57. The second-order valence-corrected chi connectivity index (χ2v) is 8.57. The Bertz CT molecular complexity index is 964. The van der Waals surface area contributed by atoms with Crippen LogP contribution in [0.1, 0.15) is 44.2 Å². The fourth-order valence-corrected chi connectivity index (χ4v) is 3.75. The van der Waals surface area contributed by atoms with Crippen LogP contribution in [0.25, 0.3) is 0 Å². The Labute approximate surface area is 182 Å². The standard InChI is InChI=1S/C23H30N6O2/c1-15(2)31-21-13-18(19(24)14-27-21)23(25)17-5-6-26-20(12-17)28-7-9-29(10-8-28)22(30)11-16-3-4-16/h5-6,12-16,25H,3-4,7-11,24H2,1-2H3. The lowest BCUT2D eigenvalue weighted by Crippen LogP contribution is -2.49. The van der Waals surface area contributed by atoms with Crippen LogP contribution in [0.4, 0.5) is 11.5 Å². The largest absolute Gasteiger partial charge is 0.475 e. The number of pyridine rings is 2. The van der Waals surface area contributed by atoms with Gasteiger partial charge in [0.15, 0.2) is 0 Å². The molecule has 0 aromatic carbocycles. The van der Waals surface area contributed by atoms with Crippen molar-refractivity contribution in [3.8, 4) is 5.88 Å². The third kappa shape index (κ3) is 5.13. The zero-order valence-corrected chi connectivity index (χ0v) is 18.2. The van der Waals surface area contributed by atoms with Crippen LogP contribution < -0.4 is 15.4 Å². The quantitative estimate of drug-likeness (QED) is 0.664. The fraction of sp³-hybridized carbons (Fsp3) is 0.478. The molecule has 8 heteroatoms. The number of carbonyl (C=O) groups excluding carboxylic acids is 1. The number of ether oxygens (including phenoxy) is 1. The van der Waals surface area contributed by atoms with Crippen LogP contribution in [0.3, 0.4) is 0 Å². The van der Waals surface area contributed by atoms with E-state index < -0.39 is 0 Å². The molecule has 2 aromatic heterocycles. The van der Waals surface area contributed by atoms with Crippen LogP contribution in [0, 0.1) is 11.3 Å². The lowest BCUT2D eigenvalue weighted by molar-refractivity contribution is -0.131. The molecule has 1 amide bonds. The van der Waals surface area contributed by atoms with Gasteiger partial charge in [-0.2, -0.15) is 0 Å². The number of nitrogens with one attached hydrogen (secondary N) is 1. The summed E-state index contributed by atoms with van der Waals surface area (Å²) in [6, 6.07) is 5.43. The number of nitrogen functional groups attached to an aromatic ring is 1. The molecule has 0 unspecified atom stereocenters. The molecule has 2 fully saturated rings. The van der Waals surface area contributed by atoms with Crippen molar-refractivity contribution in [3.05, 3.63) is 41.7 Å². The van der Waals surface area contributed by atoms with E-state index in [2.05, 4.69) is 14.9 Å². The van der Waals surface area contributed by atoms with Gasteiger partial charge in [-0.05, 0) is 44.7 Å². The molecule has 1 saturated carbocycles. The van der Waals surface area contributed by atoms with Crippen LogP contribution >= 0.6 is 0 Å². The summed E-state index contributed by atoms with van der Waals surface area (Å²) in [7, 11) is 0. The van der Waals surface area contributed by atoms with Gasteiger partial charge in [-0.3, -0.25) is 10.2 Å². The van der Waals surface area contributed by atoms with Crippen molar-refractivity contribution >= 4 is 23.1 Å². The minimum atomic E-state index is -0.0134. The lowest BCUT2D eigenvalue weighted by atomic mass is 10.0. The SMILES string of the molecule is CC(C)Oc1cc(C(=N)c2ccnc(N3CCN(C(=O)CC4CC4)CC3)c2)c(N)cn1. The van der Waals surface area contributed by atoms with E-state index in [-0.39, 0.29) is 12.0 Å². The van der Waals surface area contributed by atoms with Gasteiger partial charge < -0.3 is 20.3 Å². The highest BCUT2D eigenvalue weighted by Crippen LogP contribution is 2.33. The van der Waals surface area contributed by atoms with Crippen LogP contribution in [0.15, 0.2) is 30.6 Å². The number of anilines is 2. The Morgan fingerprint density at radius 2 is 1.97 bits per heavy atom. The van der Waals surface area contributed by atoms with Crippen molar-refractivity contribution in [2.45, 2.75) is 39.2 Å². The van der Waals surface area contributed by atoms with E-state index >= 15 is 0 Å². The van der Waals surface area contributed by atoms with E-state index in [4.69, 9.17) is 15.9 Å². The van der Waals surface area contributed by atoms with Gasteiger partial charge in [0.25, 0.3) is 0 Å². The van der Waals surface area contributed by atoms with Gasteiger partial charge in [-0.15, -0.1) is 0 Å². The van der Waals surface area contributed by atoms with Crippen LogP contribution in [-0.2, 0) is 4.79 Å². The average molecular weight is 423 g/mol. The molecule has 31 heavy (non-hydrogen) atoms. The summed E-state index contributed by atoms with van der Waals surface area (Å²) in [5.41, 5.74) is 8.14. The molecular weight excluding hydrogens is 392 g/mol. The normalized spacial score (nSPS) is 16.5. The average Bonchev–Trinajstić information content (AvgIpc) is 3.58. The molecule has 0 spiro atoms. The summed E-state index contributed by atoms with van der Waals surface area (Å²) in [6.45, 7) is 6.76. The third-order valence-corrected chi connectivity index (χ3v) is 5.69. The zero-order valence-electron chi connectivity index (χ0n) is 18.2. The monoisotopic (exact) mass is 422 g/mol. The molecule has 0 bridgehead atoms. The van der Waals surface area contributed by atoms with E-state index in [0.717, 1.165) is 24.5 Å². The second kappa shape index (κ2) is 8.91. The van der Waals surface area contributed by atoms with Gasteiger partial charge in [0.2, 0.25) is 11.8 Å². The van der Waals surface area contributed by atoms with E-state index in [0.29, 0.717) is 48.3 Å². The first kappa shape index (κ1) is 21.1. The number of carbonyl (C=O) groups is 1. The molecule has 1 aliphatic carbocycles. The summed E-state index contributed by atoms with van der Waals surface area (Å²) in [4.78, 5) is 25.2. The highest BCUT2D eigenvalue weighted by molar-refractivity contribution is 6.14. The highest BCUT2D eigenvalue weighted by Gasteiger charge is 2.29. The smallest absolute Gasteiger partial charge is 0.222 e. The Balaban J connectivity index is 1.45. The topological polar surface area (TPSA) is 108 Å². The minimum absolute atomic E-state index is 0.0134. The van der Waals surface area contributed by atoms with Crippen LogP contribution in [-0.4, -0.2) is 58.8 Å². The van der Waals surface area contributed by atoms with Crippen LogP contribution in [0.5, 0.6) is 5.88 Å². The molecule has 1 saturated heterocycles. The van der Waals surface area contributed by atoms with E-state index in [1.54, 1.807) is 12.3 Å². The van der Waals surface area contributed by atoms with Crippen molar-refractivity contribution in [2.24, 2.45) is 5.92 Å². The lowest BCUT2D eigenvalue weighted by Gasteiger charge is -2.35. The number of piperazine rings is 1. The van der Waals surface area contributed by atoms with Gasteiger partial charge in [0.05, 0.1) is 23.7 Å². The number of hydrogen-bond acceptors (Lipinski definition) is 7. The number of nitrogens with zero attached hydrogens (tertiary/aromatic N) is 4. The first-order valence-electron chi connectivity index (χ1n) is 10.9. The number of hydrogen-bond donors (Lipinski definition) is 2. The van der Waals surface area contributed by atoms with Gasteiger partial charge in [0.1, 0.15) is 5.82 Å². The Hall–Kier alpha value is -3.16. The first-order valence-corrected chi connectivity index (χ1v) is 10.9. The number of aromatic nitrogens is 2. The predicted molar refractivity (Wildman–Crippen MR) is 121 cm³/mol. The van der Waals surface area contributed by atoms with Crippen molar-refractivity contribution in [1.82, 2.24) is 14.9 Å². The summed E-state index contributed by atoms with van der Waals surface area (Å²) in [6.07, 6.45) is 6.32. The molecule has 8 nitrogen and oxygen atoms in total. The number of amides is 1. The minimum Gasteiger partial charge on any atom is -0.475 e. The summed E-state index contributed by atoms with van der Waals surface area (Å²) < 4.78 is 5.66. The molecule has 2 aromatic rings.